The van der Waals surface area contributed by atoms with Crippen LogP contribution in [0, 0.1) is 11.6 Å². The van der Waals surface area contributed by atoms with Crippen molar-refractivity contribution >= 4 is 10.0 Å². The van der Waals surface area contributed by atoms with E-state index in [1.807, 2.05) is 0 Å². The number of benzene rings is 1. The zero-order chi connectivity index (χ0) is 14.8. The molecule has 0 aliphatic heterocycles. The van der Waals surface area contributed by atoms with E-state index >= 15 is 0 Å². The molecular weight excluding hydrogens is 292 g/mol. The Hall–Kier alpha value is -2.00. The first kappa shape index (κ1) is 14.4. The van der Waals surface area contributed by atoms with E-state index in [0.717, 1.165) is 12.1 Å². The number of halogens is 2. The molecule has 0 aliphatic rings. The van der Waals surface area contributed by atoms with E-state index in [4.69, 9.17) is 9.88 Å². The van der Waals surface area contributed by atoms with Crippen molar-refractivity contribution in [3.8, 4) is 5.75 Å². The van der Waals surface area contributed by atoms with Gasteiger partial charge in [-0.1, -0.05) is 0 Å². The van der Waals surface area contributed by atoms with Crippen LogP contribution in [-0.2, 0) is 16.6 Å². The first-order valence-corrected chi connectivity index (χ1v) is 7.03. The monoisotopic (exact) mass is 303 g/mol. The van der Waals surface area contributed by atoms with Gasteiger partial charge in [0.05, 0.1) is 12.9 Å². The molecule has 1 aromatic heterocycles. The summed E-state index contributed by atoms with van der Waals surface area (Å²) in [5.74, 6) is -3.31. The first-order valence-electron chi connectivity index (χ1n) is 5.49. The highest BCUT2D eigenvalue weighted by Gasteiger charge is 2.21. The van der Waals surface area contributed by atoms with Gasteiger partial charge in [-0.15, -0.1) is 0 Å². The molecule has 6 nitrogen and oxygen atoms in total. The second-order valence-corrected chi connectivity index (χ2v) is 5.41. The topological polar surface area (TPSA) is 87.2 Å². The molecule has 0 atom stereocenters. The van der Waals surface area contributed by atoms with Crippen molar-refractivity contribution in [1.29, 1.82) is 0 Å². The molecular formula is C11H11F2N3O3S. The summed E-state index contributed by atoms with van der Waals surface area (Å²) in [5.41, 5.74) is 0. The summed E-state index contributed by atoms with van der Waals surface area (Å²) in [6.07, 6.45) is 4.80. The lowest BCUT2D eigenvalue weighted by atomic mass is 10.3. The molecule has 108 valence electrons. The van der Waals surface area contributed by atoms with Gasteiger partial charge in [-0.05, 0) is 12.1 Å². The number of sulfonamides is 1. The molecule has 0 fully saturated rings. The van der Waals surface area contributed by atoms with Gasteiger partial charge in [0, 0.05) is 12.4 Å². The zero-order valence-electron chi connectivity index (χ0n) is 10.2. The molecule has 20 heavy (non-hydrogen) atoms. The standard InChI is InChI=1S/C11H11F2N3O3S/c12-10-8(19-6-5-16-4-3-15-7-16)1-2-9(11(10)13)20(14,17)18/h1-4,7H,5-6H2,(H2,14,17,18). The van der Waals surface area contributed by atoms with E-state index in [0.29, 0.717) is 6.54 Å². The van der Waals surface area contributed by atoms with Crippen molar-refractivity contribution in [3.63, 3.8) is 0 Å². The quantitative estimate of drug-likeness (QED) is 0.888. The van der Waals surface area contributed by atoms with Crippen molar-refractivity contribution < 1.29 is 21.9 Å². The number of aromatic nitrogens is 2. The normalized spacial score (nSPS) is 11.6. The largest absolute Gasteiger partial charge is 0.489 e. The van der Waals surface area contributed by atoms with Gasteiger partial charge >= 0.3 is 0 Å². The van der Waals surface area contributed by atoms with Gasteiger partial charge in [0.15, 0.2) is 11.6 Å². The van der Waals surface area contributed by atoms with Crippen molar-refractivity contribution in [3.05, 3.63) is 42.5 Å². The minimum atomic E-state index is -4.31. The van der Waals surface area contributed by atoms with Crippen LogP contribution in [0.4, 0.5) is 8.78 Å². The maximum Gasteiger partial charge on any atom is 0.241 e. The summed E-state index contributed by atoms with van der Waals surface area (Å²) in [4.78, 5) is 2.91. The van der Waals surface area contributed by atoms with Crippen LogP contribution in [0.25, 0.3) is 0 Å². The third-order valence-electron chi connectivity index (χ3n) is 2.48. The molecule has 0 aliphatic carbocycles. The highest BCUT2D eigenvalue weighted by atomic mass is 32.2. The molecule has 0 bridgehead atoms. The van der Waals surface area contributed by atoms with Gasteiger partial charge in [-0.2, -0.15) is 4.39 Å². The van der Waals surface area contributed by atoms with Crippen LogP contribution in [0.3, 0.4) is 0 Å². The second-order valence-electron chi connectivity index (χ2n) is 3.88. The van der Waals surface area contributed by atoms with E-state index in [1.54, 1.807) is 23.3 Å². The third-order valence-corrected chi connectivity index (χ3v) is 3.41. The van der Waals surface area contributed by atoms with Crippen molar-refractivity contribution in [2.45, 2.75) is 11.4 Å². The fourth-order valence-electron chi connectivity index (χ4n) is 1.53. The van der Waals surface area contributed by atoms with Gasteiger partial charge in [0.25, 0.3) is 0 Å². The van der Waals surface area contributed by atoms with E-state index in [2.05, 4.69) is 4.98 Å². The number of nitrogens with two attached hydrogens (primary N) is 1. The summed E-state index contributed by atoms with van der Waals surface area (Å²) in [5, 5.41) is 4.76. The smallest absolute Gasteiger partial charge is 0.241 e. The van der Waals surface area contributed by atoms with Crippen molar-refractivity contribution in [1.82, 2.24) is 9.55 Å². The lowest BCUT2D eigenvalue weighted by molar-refractivity contribution is 0.278. The van der Waals surface area contributed by atoms with Gasteiger partial charge in [0.2, 0.25) is 15.8 Å². The van der Waals surface area contributed by atoms with Crippen LogP contribution in [-0.4, -0.2) is 24.6 Å². The molecule has 0 unspecified atom stereocenters. The van der Waals surface area contributed by atoms with Crippen LogP contribution in [0.1, 0.15) is 0 Å². The van der Waals surface area contributed by atoms with E-state index in [9.17, 15) is 17.2 Å². The molecule has 0 saturated carbocycles. The van der Waals surface area contributed by atoms with Crippen LogP contribution >= 0.6 is 0 Å². The number of hydrogen-bond donors (Lipinski definition) is 1. The average molecular weight is 303 g/mol. The first-order chi connectivity index (χ1) is 9.39. The fraction of sp³-hybridized carbons (Fsp3) is 0.182. The summed E-state index contributed by atoms with van der Waals surface area (Å²) < 4.78 is 55.9. The number of hydrogen-bond acceptors (Lipinski definition) is 4. The molecule has 9 heteroatoms. The Kier molecular flexibility index (Phi) is 4.00. The van der Waals surface area contributed by atoms with E-state index in [1.165, 1.54) is 0 Å². The molecule has 2 N–H and O–H groups in total. The van der Waals surface area contributed by atoms with Crippen LogP contribution in [0.2, 0.25) is 0 Å². The van der Waals surface area contributed by atoms with Gasteiger partial charge in [-0.3, -0.25) is 0 Å². The number of nitrogens with zero attached hydrogens (tertiary/aromatic N) is 2. The Morgan fingerprint density at radius 1 is 1.30 bits per heavy atom. The van der Waals surface area contributed by atoms with Crippen LogP contribution < -0.4 is 9.88 Å². The maximum absolute atomic E-state index is 13.6. The molecule has 2 aromatic rings. The number of primary sulfonamides is 1. The summed E-state index contributed by atoms with van der Waals surface area (Å²) in [7, 11) is -4.31. The van der Waals surface area contributed by atoms with E-state index < -0.39 is 26.6 Å². The second kappa shape index (κ2) is 5.55. The molecule has 2 rings (SSSR count). The third kappa shape index (κ3) is 3.11. The Balaban J connectivity index is 2.12. The number of imidazole rings is 1. The highest BCUT2D eigenvalue weighted by molar-refractivity contribution is 7.89. The average Bonchev–Trinajstić information content (AvgIpc) is 2.86. The lowest BCUT2D eigenvalue weighted by Crippen LogP contribution is -2.15. The number of ether oxygens (including phenoxy) is 1. The minimum Gasteiger partial charge on any atom is -0.489 e. The Morgan fingerprint density at radius 3 is 2.65 bits per heavy atom. The van der Waals surface area contributed by atoms with Gasteiger partial charge < -0.3 is 9.30 Å². The Bertz CT molecular complexity index is 702. The highest BCUT2D eigenvalue weighted by Crippen LogP contribution is 2.24. The molecule has 0 spiro atoms. The predicted molar refractivity (Wildman–Crippen MR) is 65.5 cm³/mol. The van der Waals surface area contributed by atoms with Crippen LogP contribution in [0.15, 0.2) is 35.7 Å². The Labute approximate surface area is 113 Å². The SMILES string of the molecule is NS(=O)(=O)c1ccc(OCCn2ccnc2)c(F)c1F. The number of rotatable bonds is 5. The zero-order valence-corrected chi connectivity index (χ0v) is 11.0. The van der Waals surface area contributed by atoms with Gasteiger partial charge in [0.1, 0.15) is 11.5 Å². The molecule has 0 radical (unpaired) electrons. The molecule has 0 amide bonds. The molecule has 1 aromatic carbocycles. The summed E-state index contributed by atoms with van der Waals surface area (Å²) in [6, 6.07) is 1.88. The van der Waals surface area contributed by atoms with Crippen LogP contribution in [0.5, 0.6) is 5.75 Å². The predicted octanol–water partition coefficient (Wildman–Crippen LogP) is 0.888. The van der Waals surface area contributed by atoms with E-state index in [-0.39, 0.29) is 12.4 Å². The summed E-state index contributed by atoms with van der Waals surface area (Å²) >= 11 is 0. The van der Waals surface area contributed by atoms with Gasteiger partial charge in [-0.25, -0.2) is 22.9 Å². The summed E-state index contributed by atoms with van der Waals surface area (Å²) in [6.45, 7) is 0.458. The lowest BCUT2D eigenvalue weighted by Gasteiger charge is -2.09. The molecule has 0 saturated heterocycles. The maximum atomic E-state index is 13.6. The molecule has 1 heterocycles. The van der Waals surface area contributed by atoms with Crippen molar-refractivity contribution in [2.75, 3.05) is 6.61 Å². The van der Waals surface area contributed by atoms with Crippen molar-refractivity contribution in [2.24, 2.45) is 5.14 Å². The minimum absolute atomic E-state index is 0.0709. The fourth-order valence-corrected chi connectivity index (χ4v) is 2.12. The Morgan fingerprint density at radius 2 is 2.05 bits per heavy atom.